The molecule has 2 rings (SSSR count). The first-order chi connectivity index (χ1) is 9.61. The number of alkyl halides is 1. The van der Waals surface area contributed by atoms with Gasteiger partial charge in [-0.1, -0.05) is 11.6 Å². The van der Waals surface area contributed by atoms with Crippen molar-refractivity contribution < 1.29 is 9.18 Å². The lowest BCUT2D eigenvalue weighted by Crippen LogP contribution is -2.35. The standard InChI is InChI=1S/C14H17Cl2FN2O/c15-4-7-18-5-1-6-19(9-8-18)14(20)12-3-2-11(17)10-13(12)16/h2-3,10H,1,4-9H2. The molecule has 1 heterocycles. The van der Waals surface area contributed by atoms with E-state index in [9.17, 15) is 9.18 Å². The second-order valence-electron chi connectivity index (χ2n) is 4.80. The minimum absolute atomic E-state index is 0.136. The van der Waals surface area contributed by atoms with Crippen LogP contribution in [0.2, 0.25) is 5.02 Å². The Morgan fingerprint density at radius 2 is 2.05 bits per heavy atom. The summed E-state index contributed by atoms with van der Waals surface area (Å²) in [6.07, 6.45) is 0.904. The van der Waals surface area contributed by atoms with Crippen molar-refractivity contribution in [2.24, 2.45) is 0 Å². The summed E-state index contributed by atoms with van der Waals surface area (Å²) < 4.78 is 13.0. The van der Waals surface area contributed by atoms with E-state index in [0.717, 1.165) is 26.1 Å². The van der Waals surface area contributed by atoms with E-state index in [2.05, 4.69) is 4.90 Å². The van der Waals surface area contributed by atoms with Crippen LogP contribution in [0.15, 0.2) is 18.2 Å². The number of benzene rings is 1. The highest BCUT2D eigenvalue weighted by molar-refractivity contribution is 6.33. The summed E-state index contributed by atoms with van der Waals surface area (Å²) >= 11 is 11.7. The second kappa shape index (κ2) is 7.25. The van der Waals surface area contributed by atoms with E-state index in [1.54, 1.807) is 4.90 Å². The van der Waals surface area contributed by atoms with E-state index in [-0.39, 0.29) is 10.9 Å². The first-order valence-electron chi connectivity index (χ1n) is 6.64. The average Bonchev–Trinajstić information content (AvgIpc) is 2.64. The Hall–Kier alpha value is -0.840. The van der Waals surface area contributed by atoms with E-state index in [0.29, 0.717) is 24.5 Å². The van der Waals surface area contributed by atoms with Crippen LogP contribution in [0.1, 0.15) is 16.8 Å². The molecule has 1 fully saturated rings. The molecule has 0 bridgehead atoms. The molecule has 3 nitrogen and oxygen atoms in total. The van der Waals surface area contributed by atoms with Gasteiger partial charge in [-0.25, -0.2) is 4.39 Å². The van der Waals surface area contributed by atoms with Crippen molar-refractivity contribution in [2.45, 2.75) is 6.42 Å². The quantitative estimate of drug-likeness (QED) is 0.800. The third-order valence-electron chi connectivity index (χ3n) is 3.44. The third-order valence-corrected chi connectivity index (χ3v) is 3.92. The van der Waals surface area contributed by atoms with Crippen LogP contribution in [0.3, 0.4) is 0 Å². The van der Waals surface area contributed by atoms with Crippen LogP contribution in [0.5, 0.6) is 0 Å². The Morgan fingerprint density at radius 3 is 2.75 bits per heavy atom. The van der Waals surface area contributed by atoms with Crippen LogP contribution in [0.25, 0.3) is 0 Å². The van der Waals surface area contributed by atoms with Gasteiger partial charge < -0.3 is 9.80 Å². The number of rotatable bonds is 3. The Bertz CT molecular complexity index is 484. The van der Waals surface area contributed by atoms with Crippen LogP contribution in [-0.4, -0.2) is 54.3 Å². The van der Waals surface area contributed by atoms with Crippen LogP contribution >= 0.6 is 23.2 Å². The largest absolute Gasteiger partial charge is 0.337 e. The van der Waals surface area contributed by atoms with E-state index in [1.165, 1.54) is 18.2 Å². The van der Waals surface area contributed by atoms with Crippen molar-refractivity contribution in [3.05, 3.63) is 34.6 Å². The monoisotopic (exact) mass is 318 g/mol. The molecule has 6 heteroatoms. The van der Waals surface area contributed by atoms with Crippen LogP contribution in [0, 0.1) is 5.82 Å². The zero-order valence-corrected chi connectivity index (χ0v) is 12.6. The minimum atomic E-state index is -0.435. The first kappa shape index (κ1) is 15.5. The molecule has 1 saturated heterocycles. The molecular formula is C14H17Cl2FN2O. The first-order valence-corrected chi connectivity index (χ1v) is 7.55. The second-order valence-corrected chi connectivity index (χ2v) is 5.59. The summed E-state index contributed by atoms with van der Waals surface area (Å²) in [6, 6.07) is 3.88. The van der Waals surface area contributed by atoms with Crippen LogP contribution < -0.4 is 0 Å². The number of nitrogens with zero attached hydrogens (tertiary/aromatic N) is 2. The maximum absolute atomic E-state index is 13.0. The van der Waals surface area contributed by atoms with Gasteiger partial charge in [0.15, 0.2) is 0 Å². The van der Waals surface area contributed by atoms with Gasteiger partial charge in [0.1, 0.15) is 5.82 Å². The fourth-order valence-corrected chi connectivity index (χ4v) is 2.84. The molecule has 1 amide bonds. The van der Waals surface area contributed by atoms with Crippen molar-refractivity contribution in [3.63, 3.8) is 0 Å². The Morgan fingerprint density at radius 1 is 1.25 bits per heavy atom. The van der Waals surface area contributed by atoms with Gasteiger partial charge in [-0.2, -0.15) is 0 Å². The molecule has 110 valence electrons. The summed E-state index contributed by atoms with van der Waals surface area (Å²) in [5.74, 6) is 0.0241. The molecule has 0 aliphatic carbocycles. The average molecular weight is 319 g/mol. The summed E-state index contributed by atoms with van der Waals surface area (Å²) in [5, 5.41) is 0.164. The van der Waals surface area contributed by atoms with Gasteiger partial charge in [-0.05, 0) is 31.2 Å². The number of hydrogen-bond acceptors (Lipinski definition) is 2. The molecule has 1 aromatic carbocycles. The van der Waals surface area contributed by atoms with Gasteiger partial charge in [0.2, 0.25) is 0 Å². The Labute approximate surface area is 128 Å². The molecule has 1 aromatic rings. The predicted octanol–water partition coefficient (Wildman–Crippen LogP) is 2.87. The Balaban J connectivity index is 2.05. The van der Waals surface area contributed by atoms with Gasteiger partial charge in [0.25, 0.3) is 5.91 Å². The molecule has 0 N–H and O–H groups in total. The number of halogens is 3. The summed E-state index contributed by atoms with van der Waals surface area (Å²) in [6.45, 7) is 3.90. The minimum Gasteiger partial charge on any atom is -0.337 e. The molecule has 0 atom stereocenters. The van der Waals surface area contributed by atoms with Gasteiger partial charge in [-0.3, -0.25) is 4.79 Å². The Kier molecular flexibility index (Phi) is 5.64. The van der Waals surface area contributed by atoms with Crippen LogP contribution in [0.4, 0.5) is 4.39 Å². The topological polar surface area (TPSA) is 23.6 Å². The van der Waals surface area contributed by atoms with Crippen LogP contribution in [-0.2, 0) is 0 Å². The third kappa shape index (κ3) is 3.84. The number of amides is 1. The highest BCUT2D eigenvalue weighted by atomic mass is 35.5. The lowest BCUT2D eigenvalue weighted by Gasteiger charge is -2.22. The van der Waals surface area contributed by atoms with Gasteiger partial charge >= 0.3 is 0 Å². The maximum Gasteiger partial charge on any atom is 0.255 e. The molecule has 0 saturated carbocycles. The molecule has 20 heavy (non-hydrogen) atoms. The normalized spacial score (nSPS) is 17.1. The summed E-state index contributed by atoms with van der Waals surface area (Å²) in [7, 11) is 0. The van der Waals surface area contributed by atoms with E-state index in [1.807, 2.05) is 0 Å². The number of hydrogen-bond donors (Lipinski definition) is 0. The molecule has 1 aliphatic heterocycles. The van der Waals surface area contributed by atoms with Gasteiger partial charge in [0, 0.05) is 32.1 Å². The molecular weight excluding hydrogens is 302 g/mol. The van der Waals surface area contributed by atoms with Crippen molar-refractivity contribution >= 4 is 29.1 Å². The fraction of sp³-hybridized carbons (Fsp3) is 0.500. The predicted molar refractivity (Wildman–Crippen MR) is 79.1 cm³/mol. The van der Waals surface area contributed by atoms with Crippen molar-refractivity contribution in [2.75, 3.05) is 38.6 Å². The molecule has 0 unspecified atom stereocenters. The highest BCUT2D eigenvalue weighted by Crippen LogP contribution is 2.19. The van der Waals surface area contributed by atoms with Crippen molar-refractivity contribution in [1.29, 1.82) is 0 Å². The maximum atomic E-state index is 13.0. The van der Waals surface area contributed by atoms with Gasteiger partial charge in [-0.15, -0.1) is 11.6 Å². The van der Waals surface area contributed by atoms with Gasteiger partial charge in [0.05, 0.1) is 10.6 Å². The summed E-state index contributed by atoms with van der Waals surface area (Å²) in [4.78, 5) is 16.4. The SMILES string of the molecule is O=C(c1ccc(F)cc1Cl)N1CCCN(CCCl)CC1. The lowest BCUT2D eigenvalue weighted by molar-refractivity contribution is 0.0762. The smallest absolute Gasteiger partial charge is 0.255 e. The lowest BCUT2D eigenvalue weighted by atomic mass is 10.2. The fourth-order valence-electron chi connectivity index (χ4n) is 2.35. The molecule has 0 radical (unpaired) electrons. The van der Waals surface area contributed by atoms with Crippen molar-refractivity contribution in [3.8, 4) is 0 Å². The van der Waals surface area contributed by atoms with E-state index >= 15 is 0 Å². The molecule has 1 aliphatic rings. The highest BCUT2D eigenvalue weighted by Gasteiger charge is 2.21. The van der Waals surface area contributed by atoms with Crippen molar-refractivity contribution in [1.82, 2.24) is 9.80 Å². The zero-order chi connectivity index (χ0) is 14.5. The van der Waals surface area contributed by atoms with E-state index < -0.39 is 5.82 Å². The zero-order valence-electron chi connectivity index (χ0n) is 11.1. The number of carbonyl (C=O) groups is 1. The molecule has 0 aromatic heterocycles. The molecule has 0 spiro atoms. The van der Waals surface area contributed by atoms with E-state index in [4.69, 9.17) is 23.2 Å². The number of carbonyl (C=O) groups excluding carboxylic acids is 1. The summed E-state index contributed by atoms with van der Waals surface area (Å²) in [5.41, 5.74) is 0.360.